The molecule has 0 saturated carbocycles. The zero-order chi connectivity index (χ0) is 12.8. The second kappa shape index (κ2) is 3.69. The van der Waals surface area contributed by atoms with E-state index in [1.54, 1.807) is 23.9 Å². The number of pyridine rings is 1. The summed E-state index contributed by atoms with van der Waals surface area (Å²) in [6.07, 6.45) is 1.80. The predicted octanol–water partition coefficient (Wildman–Crippen LogP) is 2.98. The van der Waals surface area contributed by atoms with Gasteiger partial charge >= 0.3 is 0 Å². The molecule has 0 fully saturated rings. The first kappa shape index (κ1) is 11.8. The molecule has 1 heterocycles. The van der Waals surface area contributed by atoms with Crippen molar-refractivity contribution in [3.05, 3.63) is 46.1 Å². The summed E-state index contributed by atoms with van der Waals surface area (Å²) in [5.41, 5.74) is 0.763. The quantitative estimate of drug-likeness (QED) is 0.685. The van der Waals surface area contributed by atoms with Gasteiger partial charge < -0.3 is 4.57 Å². The number of benzene rings is 1. The Morgan fingerprint density at radius 1 is 1.18 bits per heavy atom. The molecular weight excluding hydrogens is 217 g/mol. The molecule has 0 unspecified atom stereocenters. The number of halogens is 1. The molecule has 0 amide bonds. The van der Waals surface area contributed by atoms with Gasteiger partial charge in [-0.1, -0.05) is 20.8 Å². The lowest BCUT2D eigenvalue weighted by Gasteiger charge is -2.22. The van der Waals surface area contributed by atoms with Gasteiger partial charge in [0.25, 0.3) is 5.56 Å². The summed E-state index contributed by atoms with van der Waals surface area (Å²) in [7, 11) is 1.72. The molecule has 1 aromatic carbocycles. The maximum atomic E-state index is 13.3. The maximum absolute atomic E-state index is 13.3. The van der Waals surface area contributed by atoms with E-state index in [1.807, 2.05) is 0 Å². The third-order valence-electron chi connectivity index (χ3n) is 2.95. The standard InChI is InChI=1S/C14H16FNO/c1-14(2,3)12-8-16(4)13(17)10-6-5-9(15)7-11(10)12/h5-8H,1-4H3. The summed E-state index contributed by atoms with van der Waals surface area (Å²) >= 11 is 0. The topological polar surface area (TPSA) is 22.0 Å². The fourth-order valence-electron chi connectivity index (χ4n) is 2.04. The zero-order valence-corrected chi connectivity index (χ0v) is 10.5. The Hall–Kier alpha value is -1.64. The lowest BCUT2D eigenvalue weighted by molar-refractivity contribution is 0.586. The highest BCUT2D eigenvalue weighted by Gasteiger charge is 2.19. The molecule has 0 spiro atoms. The largest absolute Gasteiger partial charge is 0.318 e. The highest BCUT2D eigenvalue weighted by molar-refractivity contribution is 5.85. The summed E-state index contributed by atoms with van der Waals surface area (Å²) in [5, 5.41) is 1.28. The van der Waals surface area contributed by atoms with Crippen molar-refractivity contribution >= 4 is 10.8 Å². The van der Waals surface area contributed by atoms with Crippen LogP contribution in [-0.2, 0) is 12.5 Å². The van der Waals surface area contributed by atoms with E-state index in [4.69, 9.17) is 0 Å². The molecule has 0 N–H and O–H groups in total. The van der Waals surface area contributed by atoms with Gasteiger partial charge in [-0.15, -0.1) is 0 Å². The second-order valence-corrected chi connectivity index (χ2v) is 5.40. The molecule has 3 heteroatoms. The summed E-state index contributed by atoms with van der Waals surface area (Å²) in [5.74, 6) is -0.309. The van der Waals surface area contributed by atoms with Crippen molar-refractivity contribution in [2.24, 2.45) is 7.05 Å². The Balaban J connectivity index is 2.99. The van der Waals surface area contributed by atoms with Gasteiger partial charge in [-0.25, -0.2) is 4.39 Å². The van der Waals surface area contributed by atoms with Crippen molar-refractivity contribution < 1.29 is 4.39 Å². The van der Waals surface area contributed by atoms with Crippen LogP contribution in [0.25, 0.3) is 10.8 Å². The van der Waals surface area contributed by atoms with E-state index in [9.17, 15) is 9.18 Å². The van der Waals surface area contributed by atoms with E-state index in [1.165, 1.54) is 12.1 Å². The molecule has 17 heavy (non-hydrogen) atoms. The van der Waals surface area contributed by atoms with E-state index >= 15 is 0 Å². The third-order valence-corrected chi connectivity index (χ3v) is 2.95. The van der Waals surface area contributed by atoms with Gasteiger partial charge in [0.15, 0.2) is 0 Å². The molecule has 0 aliphatic carbocycles. The van der Waals surface area contributed by atoms with E-state index in [-0.39, 0.29) is 16.8 Å². The number of aryl methyl sites for hydroxylation is 1. The van der Waals surface area contributed by atoms with Crippen molar-refractivity contribution in [1.29, 1.82) is 0 Å². The number of nitrogens with zero attached hydrogens (tertiary/aromatic N) is 1. The minimum Gasteiger partial charge on any atom is -0.318 e. The Morgan fingerprint density at radius 2 is 1.82 bits per heavy atom. The molecule has 1 aromatic heterocycles. The van der Waals surface area contributed by atoms with E-state index in [0.29, 0.717) is 10.8 Å². The first-order chi connectivity index (χ1) is 7.80. The summed E-state index contributed by atoms with van der Waals surface area (Å²) in [6, 6.07) is 4.33. The van der Waals surface area contributed by atoms with Crippen LogP contribution in [0.4, 0.5) is 4.39 Å². The molecule has 2 nitrogen and oxygen atoms in total. The van der Waals surface area contributed by atoms with Crippen molar-refractivity contribution in [3.63, 3.8) is 0 Å². The second-order valence-electron chi connectivity index (χ2n) is 5.40. The average Bonchev–Trinajstić information content (AvgIpc) is 2.21. The van der Waals surface area contributed by atoms with Crippen LogP contribution in [0.1, 0.15) is 26.3 Å². The van der Waals surface area contributed by atoms with E-state index < -0.39 is 0 Å². The summed E-state index contributed by atoms with van der Waals surface area (Å²) < 4.78 is 14.9. The molecule has 0 atom stereocenters. The van der Waals surface area contributed by atoms with E-state index in [0.717, 1.165) is 5.56 Å². The van der Waals surface area contributed by atoms with Gasteiger partial charge in [0.2, 0.25) is 0 Å². The molecule has 0 saturated heterocycles. The molecule has 2 rings (SSSR count). The molecule has 2 aromatic rings. The Kier molecular flexibility index (Phi) is 2.57. The first-order valence-corrected chi connectivity index (χ1v) is 5.60. The average molecular weight is 233 g/mol. The minimum absolute atomic E-state index is 0.0898. The van der Waals surface area contributed by atoms with Crippen LogP contribution in [0.5, 0.6) is 0 Å². The van der Waals surface area contributed by atoms with Crippen molar-refractivity contribution in [2.75, 3.05) is 0 Å². The fourth-order valence-corrected chi connectivity index (χ4v) is 2.04. The van der Waals surface area contributed by atoms with Crippen LogP contribution in [0.3, 0.4) is 0 Å². The molecular formula is C14H16FNO. The number of fused-ring (bicyclic) bond motifs is 1. The first-order valence-electron chi connectivity index (χ1n) is 5.60. The Morgan fingerprint density at radius 3 is 2.41 bits per heavy atom. The summed E-state index contributed by atoms with van der Waals surface area (Å²) in [6.45, 7) is 6.16. The van der Waals surface area contributed by atoms with Crippen molar-refractivity contribution in [2.45, 2.75) is 26.2 Å². The van der Waals surface area contributed by atoms with Gasteiger partial charge in [0.1, 0.15) is 5.82 Å². The Bertz CT molecular complexity index is 635. The third kappa shape index (κ3) is 1.97. The lowest BCUT2D eigenvalue weighted by Crippen LogP contribution is -2.22. The molecule has 0 bridgehead atoms. The highest BCUT2D eigenvalue weighted by atomic mass is 19.1. The molecule has 0 aliphatic rings. The normalized spacial score (nSPS) is 12.1. The molecule has 90 valence electrons. The van der Waals surface area contributed by atoms with Gasteiger partial charge in [0, 0.05) is 18.6 Å². The fraction of sp³-hybridized carbons (Fsp3) is 0.357. The van der Waals surface area contributed by atoms with Crippen molar-refractivity contribution in [3.8, 4) is 0 Å². The number of rotatable bonds is 0. The number of hydrogen-bond donors (Lipinski definition) is 0. The van der Waals surface area contributed by atoms with Crippen molar-refractivity contribution in [1.82, 2.24) is 4.57 Å². The van der Waals surface area contributed by atoms with Crippen LogP contribution in [0.15, 0.2) is 29.2 Å². The molecule has 0 radical (unpaired) electrons. The molecule has 0 aliphatic heterocycles. The monoisotopic (exact) mass is 233 g/mol. The van der Waals surface area contributed by atoms with Crippen LogP contribution in [0, 0.1) is 5.82 Å². The number of hydrogen-bond acceptors (Lipinski definition) is 1. The van der Waals surface area contributed by atoms with Gasteiger partial charge in [-0.2, -0.15) is 0 Å². The Labute approximate surface area is 99.7 Å². The lowest BCUT2D eigenvalue weighted by atomic mass is 9.85. The summed E-state index contributed by atoms with van der Waals surface area (Å²) in [4.78, 5) is 12.0. The van der Waals surface area contributed by atoms with Gasteiger partial charge in [-0.05, 0) is 34.6 Å². The van der Waals surface area contributed by atoms with Gasteiger partial charge in [0.05, 0.1) is 0 Å². The highest BCUT2D eigenvalue weighted by Crippen LogP contribution is 2.28. The van der Waals surface area contributed by atoms with Crippen LogP contribution in [0.2, 0.25) is 0 Å². The van der Waals surface area contributed by atoms with Crippen LogP contribution in [-0.4, -0.2) is 4.57 Å². The zero-order valence-electron chi connectivity index (χ0n) is 10.5. The maximum Gasteiger partial charge on any atom is 0.258 e. The van der Waals surface area contributed by atoms with Crippen LogP contribution >= 0.6 is 0 Å². The van der Waals surface area contributed by atoms with Crippen LogP contribution < -0.4 is 5.56 Å². The minimum atomic E-state index is -0.309. The predicted molar refractivity (Wildman–Crippen MR) is 67.8 cm³/mol. The number of aromatic nitrogens is 1. The van der Waals surface area contributed by atoms with Gasteiger partial charge in [-0.3, -0.25) is 4.79 Å². The smallest absolute Gasteiger partial charge is 0.258 e. The SMILES string of the molecule is Cn1cc(C(C)(C)C)c2cc(F)ccc2c1=O. The van der Waals surface area contributed by atoms with E-state index in [2.05, 4.69) is 20.8 Å².